The lowest BCUT2D eigenvalue weighted by Crippen LogP contribution is -2.27. The first-order valence-electron chi connectivity index (χ1n) is 6.54. The van der Waals surface area contributed by atoms with Gasteiger partial charge in [-0.1, -0.05) is 18.2 Å². The number of fused-ring (bicyclic) bond motifs is 1. The highest BCUT2D eigenvalue weighted by molar-refractivity contribution is 5.77. The summed E-state index contributed by atoms with van der Waals surface area (Å²) in [6.07, 6.45) is 2.59. The second-order valence-corrected chi connectivity index (χ2v) is 4.82. The van der Waals surface area contributed by atoms with Crippen molar-refractivity contribution in [3.63, 3.8) is 0 Å². The molecule has 3 aromatic rings. The normalized spacial score (nSPS) is 12.9. The fourth-order valence-electron chi connectivity index (χ4n) is 2.20. The van der Waals surface area contributed by atoms with Crippen molar-refractivity contribution in [1.29, 1.82) is 0 Å². The Kier molecular flexibility index (Phi) is 3.38. The minimum atomic E-state index is 0.347. The van der Waals surface area contributed by atoms with Crippen molar-refractivity contribution in [2.45, 2.75) is 25.9 Å². The van der Waals surface area contributed by atoms with Crippen LogP contribution in [0.25, 0.3) is 11.0 Å². The van der Waals surface area contributed by atoms with E-state index in [1.807, 2.05) is 30.3 Å². The molecule has 0 fully saturated rings. The lowest BCUT2D eigenvalue weighted by molar-refractivity contribution is 0.435. The average molecular weight is 255 g/mol. The van der Waals surface area contributed by atoms with E-state index in [2.05, 4.69) is 24.4 Å². The number of nitrogens with one attached hydrogen (secondary N) is 1. The Morgan fingerprint density at radius 1 is 1.11 bits per heavy atom. The Balaban J connectivity index is 1.59. The summed E-state index contributed by atoms with van der Waals surface area (Å²) in [4.78, 5) is 0. The highest BCUT2D eigenvalue weighted by Crippen LogP contribution is 2.18. The number of furan rings is 2. The molecule has 1 N–H and O–H groups in total. The maximum absolute atomic E-state index is 5.77. The van der Waals surface area contributed by atoms with Gasteiger partial charge in [0.25, 0.3) is 0 Å². The molecule has 0 saturated heterocycles. The molecule has 0 radical (unpaired) electrons. The van der Waals surface area contributed by atoms with Crippen LogP contribution >= 0.6 is 0 Å². The Hall–Kier alpha value is -2.00. The monoisotopic (exact) mass is 255 g/mol. The third-order valence-electron chi connectivity index (χ3n) is 3.19. The Bertz CT molecular complexity index is 607. The molecule has 1 atom stereocenters. The zero-order chi connectivity index (χ0) is 13.1. The lowest BCUT2D eigenvalue weighted by atomic mass is 10.2. The quantitative estimate of drug-likeness (QED) is 0.754. The minimum Gasteiger partial charge on any atom is -0.469 e. The van der Waals surface area contributed by atoms with Gasteiger partial charge in [0.05, 0.1) is 12.8 Å². The second-order valence-electron chi connectivity index (χ2n) is 4.82. The molecule has 3 nitrogen and oxygen atoms in total. The van der Waals surface area contributed by atoms with E-state index in [1.54, 1.807) is 6.26 Å². The van der Waals surface area contributed by atoms with Crippen LogP contribution in [0.3, 0.4) is 0 Å². The first-order chi connectivity index (χ1) is 9.31. The van der Waals surface area contributed by atoms with Crippen LogP contribution in [0, 0.1) is 0 Å². The van der Waals surface area contributed by atoms with Gasteiger partial charge in [0, 0.05) is 17.8 Å². The summed E-state index contributed by atoms with van der Waals surface area (Å²) >= 11 is 0. The largest absolute Gasteiger partial charge is 0.469 e. The molecule has 19 heavy (non-hydrogen) atoms. The fourth-order valence-corrected chi connectivity index (χ4v) is 2.20. The van der Waals surface area contributed by atoms with Gasteiger partial charge in [0.2, 0.25) is 0 Å². The van der Waals surface area contributed by atoms with Gasteiger partial charge >= 0.3 is 0 Å². The summed E-state index contributed by atoms with van der Waals surface area (Å²) in [5.74, 6) is 1.97. The molecule has 98 valence electrons. The predicted octanol–water partition coefficient (Wildman–Crippen LogP) is 3.75. The van der Waals surface area contributed by atoms with Crippen molar-refractivity contribution in [3.05, 3.63) is 60.2 Å². The third kappa shape index (κ3) is 2.88. The van der Waals surface area contributed by atoms with Gasteiger partial charge in [-0.2, -0.15) is 0 Å². The molecule has 0 bridgehead atoms. The smallest absolute Gasteiger partial charge is 0.134 e. The molecule has 2 aromatic heterocycles. The standard InChI is InChI=1S/C16H17NO2/c1-12(9-14-6-4-8-18-14)17-11-15-10-13-5-2-3-7-16(13)19-15/h2-8,10,12,17H,9,11H2,1H3/t12-/m1/s1. The van der Waals surface area contributed by atoms with Crippen molar-refractivity contribution < 1.29 is 8.83 Å². The van der Waals surface area contributed by atoms with Crippen LogP contribution < -0.4 is 5.32 Å². The number of hydrogen-bond acceptors (Lipinski definition) is 3. The van der Waals surface area contributed by atoms with Crippen LogP contribution in [0.1, 0.15) is 18.4 Å². The molecule has 1 aromatic carbocycles. The Labute approximate surface area is 112 Å². The molecule has 0 aliphatic carbocycles. The molecular formula is C16H17NO2. The van der Waals surface area contributed by atoms with Crippen LogP contribution in [0.15, 0.2) is 57.6 Å². The summed E-state index contributed by atoms with van der Waals surface area (Å²) in [7, 11) is 0. The van der Waals surface area contributed by atoms with Crippen LogP contribution in [-0.4, -0.2) is 6.04 Å². The van der Waals surface area contributed by atoms with E-state index in [1.165, 1.54) is 0 Å². The molecule has 2 heterocycles. The Morgan fingerprint density at radius 3 is 2.79 bits per heavy atom. The van der Waals surface area contributed by atoms with E-state index in [-0.39, 0.29) is 0 Å². The van der Waals surface area contributed by atoms with Crippen molar-refractivity contribution in [3.8, 4) is 0 Å². The number of rotatable bonds is 5. The maximum Gasteiger partial charge on any atom is 0.134 e. The van der Waals surface area contributed by atoms with E-state index in [9.17, 15) is 0 Å². The zero-order valence-electron chi connectivity index (χ0n) is 10.9. The number of para-hydroxylation sites is 1. The predicted molar refractivity (Wildman–Crippen MR) is 74.9 cm³/mol. The molecule has 0 aliphatic rings. The SMILES string of the molecule is C[C@H](Cc1ccco1)NCc1cc2ccccc2o1. The van der Waals surface area contributed by atoms with E-state index < -0.39 is 0 Å². The van der Waals surface area contributed by atoms with E-state index in [0.29, 0.717) is 6.04 Å². The van der Waals surface area contributed by atoms with Gasteiger partial charge in [-0.05, 0) is 31.2 Å². The molecule has 0 saturated carbocycles. The van der Waals surface area contributed by atoms with Gasteiger partial charge in [0.15, 0.2) is 0 Å². The second kappa shape index (κ2) is 5.33. The Morgan fingerprint density at radius 2 is 2.00 bits per heavy atom. The first-order valence-corrected chi connectivity index (χ1v) is 6.54. The van der Waals surface area contributed by atoms with Crippen LogP contribution in [0.2, 0.25) is 0 Å². The average Bonchev–Trinajstić information content (AvgIpc) is 3.04. The summed E-state index contributed by atoms with van der Waals surface area (Å²) in [5, 5.41) is 4.60. The maximum atomic E-state index is 5.77. The molecule has 0 aliphatic heterocycles. The van der Waals surface area contributed by atoms with Gasteiger partial charge in [-0.15, -0.1) is 0 Å². The highest BCUT2D eigenvalue weighted by Gasteiger charge is 2.07. The van der Waals surface area contributed by atoms with Gasteiger partial charge in [-0.25, -0.2) is 0 Å². The topological polar surface area (TPSA) is 38.3 Å². The van der Waals surface area contributed by atoms with Crippen molar-refractivity contribution in [2.75, 3.05) is 0 Å². The van der Waals surface area contributed by atoms with Crippen molar-refractivity contribution >= 4 is 11.0 Å². The summed E-state index contributed by atoms with van der Waals surface area (Å²) < 4.78 is 11.1. The molecule has 0 unspecified atom stereocenters. The molecule has 3 heteroatoms. The third-order valence-corrected chi connectivity index (χ3v) is 3.19. The molecule has 0 spiro atoms. The van der Waals surface area contributed by atoms with Crippen LogP contribution in [-0.2, 0) is 13.0 Å². The van der Waals surface area contributed by atoms with Gasteiger partial charge in [-0.3, -0.25) is 0 Å². The first kappa shape index (κ1) is 12.1. The summed E-state index contributed by atoms with van der Waals surface area (Å²) in [5.41, 5.74) is 0.943. The van der Waals surface area contributed by atoms with Crippen molar-refractivity contribution in [1.82, 2.24) is 5.32 Å². The molecule has 0 amide bonds. The zero-order valence-corrected chi connectivity index (χ0v) is 10.9. The molecular weight excluding hydrogens is 238 g/mol. The van der Waals surface area contributed by atoms with Crippen LogP contribution in [0.5, 0.6) is 0 Å². The minimum absolute atomic E-state index is 0.347. The van der Waals surface area contributed by atoms with E-state index in [0.717, 1.165) is 35.5 Å². The van der Waals surface area contributed by atoms with Gasteiger partial charge < -0.3 is 14.2 Å². The highest BCUT2D eigenvalue weighted by atomic mass is 16.3. The molecule has 3 rings (SSSR count). The summed E-state index contributed by atoms with van der Waals surface area (Å²) in [6.45, 7) is 2.88. The fraction of sp³-hybridized carbons (Fsp3) is 0.250. The lowest BCUT2D eigenvalue weighted by Gasteiger charge is -2.10. The van der Waals surface area contributed by atoms with E-state index in [4.69, 9.17) is 8.83 Å². The van der Waals surface area contributed by atoms with E-state index >= 15 is 0 Å². The summed E-state index contributed by atoms with van der Waals surface area (Å²) in [6, 6.07) is 14.4. The van der Waals surface area contributed by atoms with Crippen molar-refractivity contribution in [2.24, 2.45) is 0 Å². The number of benzene rings is 1. The van der Waals surface area contributed by atoms with Crippen LogP contribution in [0.4, 0.5) is 0 Å². The number of hydrogen-bond donors (Lipinski definition) is 1. The van der Waals surface area contributed by atoms with Gasteiger partial charge in [0.1, 0.15) is 17.1 Å².